The van der Waals surface area contributed by atoms with Crippen molar-refractivity contribution in [2.24, 2.45) is 0 Å². The molecule has 2 rings (SSSR count). The number of nitrogens with zero attached hydrogens (tertiary/aromatic N) is 3. The van der Waals surface area contributed by atoms with Crippen LogP contribution in [0.4, 0.5) is 5.69 Å². The van der Waals surface area contributed by atoms with E-state index in [2.05, 4.69) is 113 Å². The van der Waals surface area contributed by atoms with Gasteiger partial charge in [0.2, 0.25) is 0 Å². The average molecular weight is 354 g/mol. The van der Waals surface area contributed by atoms with Gasteiger partial charge in [-0.05, 0) is 36.3 Å². The van der Waals surface area contributed by atoms with Crippen molar-refractivity contribution in [2.75, 3.05) is 11.9 Å². The second kappa shape index (κ2) is 8.48. The minimum absolute atomic E-state index is 0.258. The molecule has 0 saturated heterocycles. The van der Waals surface area contributed by atoms with Gasteiger partial charge >= 0.3 is 0 Å². The van der Waals surface area contributed by atoms with E-state index in [0.29, 0.717) is 11.8 Å². The highest BCUT2D eigenvalue weighted by molar-refractivity contribution is 5.67. The van der Waals surface area contributed by atoms with Crippen LogP contribution in [0, 0.1) is 0 Å². The molecule has 1 aliphatic heterocycles. The van der Waals surface area contributed by atoms with E-state index in [9.17, 15) is 0 Å². The Labute approximate surface area is 160 Å². The molecule has 0 saturated carbocycles. The first kappa shape index (κ1) is 20.2. The minimum Gasteiger partial charge on any atom is -0.359 e. The fraction of sp³-hybridized carbons (Fsp3) is 0.478. The lowest BCUT2D eigenvalue weighted by Gasteiger charge is -2.36. The van der Waals surface area contributed by atoms with Crippen LogP contribution in [0.3, 0.4) is 0 Å². The molecule has 0 aromatic heterocycles. The van der Waals surface area contributed by atoms with Crippen LogP contribution in [0.5, 0.6) is 0 Å². The highest BCUT2D eigenvalue weighted by Gasteiger charge is 2.27. The third-order valence-electron chi connectivity index (χ3n) is 5.10. The largest absolute Gasteiger partial charge is 0.359 e. The van der Waals surface area contributed by atoms with E-state index < -0.39 is 0 Å². The maximum atomic E-state index is 4.47. The maximum Gasteiger partial charge on any atom is 0.111 e. The molecule has 0 N–H and O–H groups in total. The Morgan fingerprint density at radius 3 is 2.15 bits per heavy atom. The zero-order valence-electron chi connectivity index (χ0n) is 17.5. The first-order valence-corrected chi connectivity index (χ1v) is 9.75. The number of para-hydroxylation sites is 1. The van der Waals surface area contributed by atoms with Gasteiger partial charge in [0.1, 0.15) is 12.0 Å². The van der Waals surface area contributed by atoms with E-state index in [-0.39, 0.29) is 6.17 Å². The van der Waals surface area contributed by atoms with Crippen LogP contribution in [-0.4, -0.2) is 23.0 Å². The molecule has 3 heteroatoms. The molecule has 1 aliphatic rings. The van der Waals surface area contributed by atoms with E-state index in [4.69, 9.17) is 0 Å². The highest BCUT2D eigenvalue weighted by atomic mass is 15.4. The van der Waals surface area contributed by atoms with Gasteiger partial charge in [-0.3, -0.25) is 0 Å². The molecule has 0 radical (unpaired) electrons. The van der Waals surface area contributed by atoms with Gasteiger partial charge in [0, 0.05) is 25.6 Å². The maximum absolute atomic E-state index is 4.47. The molecule has 3 nitrogen and oxygen atoms in total. The van der Waals surface area contributed by atoms with Gasteiger partial charge in [0.05, 0.1) is 5.69 Å². The number of hydrogen-bond donors (Lipinski definition) is 0. The second-order valence-corrected chi connectivity index (χ2v) is 7.68. The van der Waals surface area contributed by atoms with Crippen LogP contribution in [0.15, 0.2) is 55.3 Å². The summed E-state index contributed by atoms with van der Waals surface area (Å²) in [5.41, 5.74) is 4.01. The Balaban J connectivity index is 2.59. The van der Waals surface area contributed by atoms with Crippen LogP contribution in [0.1, 0.15) is 70.9 Å². The van der Waals surface area contributed by atoms with E-state index >= 15 is 0 Å². The Morgan fingerprint density at radius 1 is 1.15 bits per heavy atom. The predicted octanol–water partition coefficient (Wildman–Crippen LogP) is 6.20. The molecule has 0 spiro atoms. The first-order chi connectivity index (χ1) is 12.3. The minimum atomic E-state index is 0.258. The van der Waals surface area contributed by atoms with Gasteiger partial charge in [-0.15, -0.1) is 0 Å². The van der Waals surface area contributed by atoms with Gasteiger partial charge in [-0.1, -0.05) is 65.5 Å². The molecule has 0 unspecified atom stereocenters. The van der Waals surface area contributed by atoms with Crippen molar-refractivity contribution < 1.29 is 0 Å². The van der Waals surface area contributed by atoms with E-state index in [0.717, 1.165) is 12.2 Å². The van der Waals surface area contributed by atoms with E-state index in [1.54, 1.807) is 0 Å². The fourth-order valence-corrected chi connectivity index (χ4v) is 3.34. The average Bonchev–Trinajstić information content (AvgIpc) is 2.93. The van der Waals surface area contributed by atoms with Gasteiger partial charge in [0.15, 0.2) is 0 Å². The van der Waals surface area contributed by atoms with Crippen molar-refractivity contribution in [3.63, 3.8) is 0 Å². The smallest absolute Gasteiger partial charge is 0.111 e. The molecule has 142 valence electrons. The van der Waals surface area contributed by atoms with Crippen LogP contribution in [0.2, 0.25) is 0 Å². The molecule has 1 atom stereocenters. The Kier molecular flexibility index (Phi) is 6.57. The van der Waals surface area contributed by atoms with Gasteiger partial charge < -0.3 is 14.7 Å². The summed E-state index contributed by atoms with van der Waals surface area (Å²) in [6.07, 6.45) is 9.88. The Morgan fingerprint density at radius 2 is 1.73 bits per heavy atom. The summed E-state index contributed by atoms with van der Waals surface area (Å²) >= 11 is 0. The molecular weight excluding hydrogens is 318 g/mol. The molecule has 0 fully saturated rings. The van der Waals surface area contributed by atoms with Crippen molar-refractivity contribution in [2.45, 2.75) is 66.0 Å². The van der Waals surface area contributed by atoms with Gasteiger partial charge in [-0.25, -0.2) is 0 Å². The number of hydrogen-bond acceptors (Lipinski definition) is 3. The Bertz CT molecular complexity index is 658. The van der Waals surface area contributed by atoms with Crippen LogP contribution in [0.25, 0.3) is 0 Å². The zero-order valence-corrected chi connectivity index (χ0v) is 17.5. The van der Waals surface area contributed by atoms with Crippen molar-refractivity contribution in [1.29, 1.82) is 0 Å². The SMILES string of the molecule is C=C(N(/C=C\CC)c1c(C(C)C)cccc1C(C)C)N1C=CN(C)[C@@H]1C. The monoisotopic (exact) mass is 353 g/mol. The fourth-order valence-electron chi connectivity index (χ4n) is 3.34. The molecule has 26 heavy (non-hydrogen) atoms. The topological polar surface area (TPSA) is 9.72 Å². The summed E-state index contributed by atoms with van der Waals surface area (Å²) in [4.78, 5) is 6.72. The van der Waals surface area contributed by atoms with Crippen molar-refractivity contribution in [3.05, 3.63) is 66.4 Å². The van der Waals surface area contributed by atoms with Crippen molar-refractivity contribution in [3.8, 4) is 0 Å². The zero-order chi connectivity index (χ0) is 19.4. The standard InChI is InChI=1S/C23H35N3/c1-9-10-14-26(20(7)25-16-15-24(8)19(25)6)23-21(17(2)3)12-11-13-22(23)18(4)5/h10-19H,7,9H2,1-6,8H3/b14-10-/t19-/m0/s1. The summed E-state index contributed by atoms with van der Waals surface area (Å²) in [5, 5.41) is 0. The molecular formula is C23H35N3. The Hall–Kier alpha value is -2.16. The van der Waals surface area contributed by atoms with E-state index in [1.807, 2.05) is 0 Å². The quantitative estimate of drug-likeness (QED) is 0.578. The lowest BCUT2D eigenvalue weighted by Crippen LogP contribution is -2.38. The van der Waals surface area contributed by atoms with Gasteiger partial charge in [0.25, 0.3) is 0 Å². The molecule has 0 aliphatic carbocycles. The second-order valence-electron chi connectivity index (χ2n) is 7.68. The van der Waals surface area contributed by atoms with Crippen LogP contribution >= 0.6 is 0 Å². The van der Waals surface area contributed by atoms with Gasteiger partial charge in [-0.2, -0.15) is 0 Å². The van der Waals surface area contributed by atoms with Crippen LogP contribution < -0.4 is 4.90 Å². The predicted molar refractivity (Wildman–Crippen MR) is 114 cm³/mol. The molecule has 0 amide bonds. The summed E-state index contributed by atoms with van der Waals surface area (Å²) in [6, 6.07) is 6.69. The normalized spacial score (nSPS) is 17.2. The highest BCUT2D eigenvalue weighted by Crippen LogP contribution is 2.38. The molecule has 1 heterocycles. The van der Waals surface area contributed by atoms with Crippen LogP contribution in [-0.2, 0) is 0 Å². The van der Waals surface area contributed by atoms with E-state index in [1.165, 1.54) is 16.8 Å². The third kappa shape index (κ3) is 3.98. The lowest BCUT2D eigenvalue weighted by atomic mass is 9.92. The van der Waals surface area contributed by atoms with Crippen molar-refractivity contribution >= 4 is 5.69 Å². The van der Waals surface area contributed by atoms with Crippen molar-refractivity contribution in [1.82, 2.24) is 9.80 Å². The molecule has 1 aromatic rings. The number of anilines is 1. The summed E-state index contributed by atoms with van der Waals surface area (Å²) in [7, 11) is 2.10. The summed E-state index contributed by atoms with van der Waals surface area (Å²) in [6.45, 7) is 17.9. The lowest BCUT2D eigenvalue weighted by molar-refractivity contribution is 0.231. The number of rotatable bonds is 7. The molecule has 0 bridgehead atoms. The molecule has 1 aromatic carbocycles. The first-order valence-electron chi connectivity index (χ1n) is 9.75. The summed E-state index contributed by atoms with van der Waals surface area (Å²) < 4.78 is 0. The third-order valence-corrected chi connectivity index (χ3v) is 5.10. The number of allylic oxidation sites excluding steroid dienone is 1. The number of benzene rings is 1. The summed E-state index contributed by atoms with van der Waals surface area (Å²) in [5.74, 6) is 1.88.